The number of carbonyl (C=O) groups is 1. The van der Waals surface area contributed by atoms with Crippen molar-refractivity contribution < 1.29 is 4.79 Å². The molecule has 5 rings (SSSR count). The Morgan fingerprint density at radius 3 is 2.30 bits per heavy atom. The molecule has 0 N–H and O–H groups in total. The summed E-state index contributed by atoms with van der Waals surface area (Å²) < 4.78 is 2.10. The lowest BCUT2D eigenvalue weighted by atomic mass is 10.1. The molecule has 0 aliphatic carbocycles. The standard InChI is InChI=1S/C24H29N7OS/c32-22(29-17-15-28(16-18-29)21-11-5-6-12-25-21)19-33-24-27-26-23(30-13-7-2-8-14-30)31(24)20-9-3-1-4-10-20/h1,3-6,9-12H,2,7-8,13-19H2. The third-order valence-corrected chi connectivity index (χ3v) is 7.11. The van der Waals surface area contributed by atoms with Gasteiger partial charge in [0.1, 0.15) is 5.82 Å². The first kappa shape index (κ1) is 21.8. The summed E-state index contributed by atoms with van der Waals surface area (Å²) >= 11 is 1.47. The summed E-state index contributed by atoms with van der Waals surface area (Å²) in [7, 11) is 0. The second-order valence-electron chi connectivity index (χ2n) is 8.35. The van der Waals surface area contributed by atoms with E-state index < -0.39 is 0 Å². The number of rotatable bonds is 6. The summed E-state index contributed by atoms with van der Waals surface area (Å²) in [6.45, 7) is 5.00. The van der Waals surface area contributed by atoms with Gasteiger partial charge < -0.3 is 14.7 Å². The summed E-state index contributed by atoms with van der Waals surface area (Å²) in [6.07, 6.45) is 5.42. The monoisotopic (exact) mass is 463 g/mol. The van der Waals surface area contributed by atoms with Crippen molar-refractivity contribution in [3.05, 3.63) is 54.7 Å². The van der Waals surface area contributed by atoms with Gasteiger partial charge in [0.05, 0.1) is 11.4 Å². The molecule has 0 spiro atoms. The van der Waals surface area contributed by atoms with E-state index in [2.05, 4.69) is 41.7 Å². The fourth-order valence-electron chi connectivity index (χ4n) is 4.40. The quantitative estimate of drug-likeness (QED) is 0.520. The molecule has 0 radical (unpaired) electrons. The van der Waals surface area contributed by atoms with Crippen LogP contribution in [0, 0.1) is 0 Å². The van der Waals surface area contributed by atoms with Gasteiger partial charge in [0.15, 0.2) is 5.16 Å². The Morgan fingerprint density at radius 1 is 0.818 bits per heavy atom. The summed E-state index contributed by atoms with van der Waals surface area (Å²) in [5.41, 5.74) is 1.03. The van der Waals surface area contributed by atoms with Crippen molar-refractivity contribution >= 4 is 29.4 Å². The van der Waals surface area contributed by atoms with E-state index in [4.69, 9.17) is 0 Å². The van der Waals surface area contributed by atoms with Crippen molar-refractivity contribution in [3.8, 4) is 5.69 Å². The fraction of sp³-hybridized carbons (Fsp3) is 0.417. The fourth-order valence-corrected chi connectivity index (χ4v) is 5.25. The van der Waals surface area contributed by atoms with E-state index in [1.54, 1.807) is 0 Å². The Hall–Kier alpha value is -3.07. The number of anilines is 2. The van der Waals surface area contributed by atoms with Crippen LogP contribution in [0.4, 0.5) is 11.8 Å². The van der Waals surface area contributed by atoms with E-state index in [0.29, 0.717) is 18.8 Å². The molecule has 2 saturated heterocycles. The molecule has 2 aliphatic heterocycles. The summed E-state index contributed by atoms with van der Waals surface area (Å²) in [6, 6.07) is 16.1. The predicted octanol–water partition coefficient (Wildman–Crippen LogP) is 3.09. The highest BCUT2D eigenvalue weighted by atomic mass is 32.2. The van der Waals surface area contributed by atoms with Gasteiger partial charge in [-0.2, -0.15) is 0 Å². The number of nitrogens with zero attached hydrogens (tertiary/aromatic N) is 7. The van der Waals surface area contributed by atoms with Crippen molar-refractivity contribution in [2.75, 3.05) is 54.8 Å². The molecule has 1 aromatic carbocycles. The van der Waals surface area contributed by atoms with Gasteiger partial charge in [-0.1, -0.05) is 36.0 Å². The maximum atomic E-state index is 13.0. The highest BCUT2D eigenvalue weighted by Gasteiger charge is 2.25. The topological polar surface area (TPSA) is 70.4 Å². The molecule has 33 heavy (non-hydrogen) atoms. The van der Waals surface area contributed by atoms with Crippen LogP contribution < -0.4 is 9.80 Å². The largest absolute Gasteiger partial charge is 0.353 e. The van der Waals surface area contributed by atoms with Crippen LogP contribution >= 0.6 is 11.8 Å². The molecule has 172 valence electrons. The average molecular weight is 464 g/mol. The zero-order chi connectivity index (χ0) is 22.5. The normalized spacial score (nSPS) is 16.8. The highest BCUT2D eigenvalue weighted by molar-refractivity contribution is 7.99. The zero-order valence-corrected chi connectivity index (χ0v) is 19.5. The van der Waals surface area contributed by atoms with Gasteiger partial charge in [0.25, 0.3) is 0 Å². The number of carbonyl (C=O) groups excluding carboxylic acids is 1. The molecule has 0 bridgehead atoms. The maximum Gasteiger partial charge on any atom is 0.233 e. The molecule has 2 aliphatic rings. The summed E-state index contributed by atoms with van der Waals surface area (Å²) in [5, 5.41) is 9.78. The molecular weight excluding hydrogens is 434 g/mol. The Bertz CT molecular complexity index is 1050. The SMILES string of the molecule is O=C(CSc1nnc(N2CCCCC2)n1-c1ccccc1)N1CCN(c2ccccn2)CC1. The smallest absolute Gasteiger partial charge is 0.233 e. The number of pyridine rings is 1. The van der Waals surface area contributed by atoms with Crippen molar-refractivity contribution in [3.63, 3.8) is 0 Å². The van der Waals surface area contributed by atoms with E-state index in [1.807, 2.05) is 47.5 Å². The molecule has 0 atom stereocenters. The first-order valence-electron chi connectivity index (χ1n) is 11.6. The lowest BCUT2D eigenvalue weighted by Crippen LogP contribution is -2.49. The molecule has 8 nitrogen and oxygen atoms in total. The van der Waals surface area contributed by atoms with Gasteiger partial charge in [-0.25, -0.2) is 4.98 Å². The minimum Gasteiger partial charge on any atom is -0.353 e. The van der Waals surface area contributed by atoms with Crippen LogP contribution in [0.1, 0.15) is 19.3 Å². The lowest BCUT2D eigenvalue weighted by Gasteiger charge is -2.35. The van der Waals surface area contributed by atoms with Crippen molar-refractivity contribution in [2.45, 2.75) is 24.4 Å². The van der Waals surface area contributed by atoms with Crippen LogP contribution in [-0.4, -0.2) is 75.6 Å². The summed E-state index contributed by atoms with van der Waals surface area (Å²) in [4.78, 5) is 23.9. The molecule has 1 amide bonds. The number of para-hydroxylation sites is 1. The van der Waals surface area contributed by atoms with Gasteiger partial charge in [0.2, 0.25) is 11.9 Å². The van der Waals surface area contributed by atoms with E-state index >= 15 is 0 Å². The number of hydrogen-bond acceptors (Lipinski definition) is 7. The average Bonchev–Trinajstić information content (AvgIpc) is 3.33. The van der Waals surface area contributed by atoms with Crippen molar-refractivity contribution in [2.24, 2.45) is 0 Å². The number of hydrogen-bond donors (Lipinski definition) is 0. The van der Waals surface area contributed by atoms with Gasteiger partial charge in [-0.15, -0.1) is 10.2 Å². The van der Waals surface area contributed by atoms with Gasteiger partial charge in [-0.05, 0) is 43.5 Å². The van der Waals surface area contributed by atoms with E-state index in [1.165, 1.54) is 31.0 Å². The number of piperazine rings is 1. The number of amides is 1. The van der Waals surface area contributed by atoms with Crippen LogP contribution in [-0.2, 0) is 4.79 Å². The van der Waals surface area contributed by atoms with Crippen LogP contribution in [0.5, 0.6) is 0 Å². The maximum absolute atomic E-state index is 13.0. The lowest BCUT2D eigenvalue weighted by molar-refractivity contribution is -0.128. The minimum atomic E-state index is 0.141. The van der Waals surface area contributed by atoms with Crippen LogP contribution in [0.25, 0.3) is 5.69 Å². The van der Waals surface area contributed by atoms with Crippen LogP contribution in [0.15, 0.2) is 59.9 Å². The first-order chi connectivity index (χ1) is 16.3. The second-order valence-corrected chi connectivity index (χ2v) is 9.29. The number of piperidine rings is 1. The predicted molar refractivity (Wildman–Crippen MR) is 131 cm³/mol. The van der Waals surface area contributed by atoms with Gasteiger partial charge >= 0.3 is 0 Å². The zero-order valence-electron chi connectivity index (χ0n) is 18.7. The Labute approximate surface area is 198 Å². The van der Waals surface area contributed by atoms with Gasteiger partial charge in [0, 0.05) is 45.5 Å². The molecular formula is C24H29N7OS. The second kappa shape index (κ2) is 10.2. The van der Waals surface area contributed by atoms with E-state index in [9.17, 15) is 4.79 Å². The summed E-state index contributed by atoms with van der Waals surface area (Å²) in [5.74, 6) is 2.34. The van der Waals surface area contributed by atoms with Gasteiger partial charge in [-0.3, -0.25) is 9.36 Å². The Morgan fingerprint density at radius 2 is 1.58 bits per heavy atom. The third kappa shape index (κ3) is 4.98. The molecule has 0 unspecified atom stereocenters. The minimum absolute atomic E-state index is 0.141. The Balaban J connectivity index is 1.25. The third-order valence-electron chi connectivity index (χ3n) is 6.20. The van der Waals surface area contributed by atoms with E-state index in [0.717, 1.165) is 48.8 Å². The van der Waals surface area contributed by atoms with Crippen molar-refractivity contribution in [1.82, 2.24) is 24.6 Å². The molecule has 9 heteroatoms. The van der Waals surface area contributed by atoms with Crippen molar-refractivity contribution in [1.29, 1.82) is 0 Å². The Kier molecular flexibility index (Phi) is 6.76. The first-order valence-corrected chi connectivity index (χ1v) is 12.6. The molecule has 2 fully saturated rings. The number of aromatic nitrogens is 4. The molecule has 2 aromatic heterocycles. The van der Waals surface area contributed by atoms with Crippen LogP contribution in [0.2, 0.25) is 0 Å². The number of benzene rings is 1. The number of thioether (sulfide) groups is 1. The molecule has 0 saturated carbocycles. The van der Waals surface area contributed by atoms with E-state index in [-0.39, 0.29) is 5.91 Å². The van der Waals surface area contributed by atoms with Crippen LogP contribution in [0.3, 0.4) is 0 Å². The molecule has 3 aromatic rings. The molecule has 4 heterocycles. The highest BCUT2D eigenvalue weighted by Crippen LogP contribution is 2.28.